The minimum atomic E-state index is -1.40. The van der Waals surface area contributed by atoms with Crippen LogP contribution >= 0.6 is 22.9 Å². The molecule has 24 heavy (non-hydrogen) atoms. The van der Waals surface area contributed by atoms with Crippen LogP contribution in [0.4, 0.5) is 0 Å². The number of rotatable bonds is 4. The molecular formula is C17H14ClN3O2S. The molecule has 0 saturated heterocycles. The molecule has 1 atom stereocenters. The Labute approximate surface area is 147 Å². The molecule has 0 aliphatic carbocycles. The van der Waals surface area contributed by atoms with Crippen molar-refractivity contribution in [3.05, 3.63) is 57.4 Å². The number of primary amides is 2. The highest BCUT2D eigenvalue weighted by Gasteiger charge is 2.42. The maximum absolute atomic E-state index is 12.1. The summed E-state index contributed by atoms with van der Waals surface area (Å²) in [6, 6.07) is 7.28. The maximum Gasteiger partial charge on any atom is 0.254 e. The largest absolute Gasteiger partial charge is 0.367 e. The van der Waals surface area contributed by atoms with Crippen LogP contribution in [0.5, 0.6) is 0 Å². The first-order valence-electron chi connectivity index (χ1n) is 7.10. The molecule has 3 rings (SSSR count). The molecule has 122 valence electrons. The van der Waals surface area contributed by atoms with Gasteiger partial charge in [-0.15, -0.1) is 11.3 Å². The van der Waals surface area contributed by atoms with Crippen molar-refractivity contribution in [2.24, 2.45) is 16.5 Å². The summed E-state index contributed by atoms with van der Waals surface area (Å²) in [6.45, 7) is 1.77. The smallest absolute Gasteiger partial charge is 0.254 e. The summed E-state index contributed by atoms with van der Waals surface area (Å²) in [5.74, 6) is -1.30. The number of aliphatic imine (C=N–C) groups is 1. The van der Waals surface area contributed by atoms with Gasteiger partial charge >= 0.3 is 0 Å². The number of allylic oxidation sites excluding steroid dienone is 1. The Hall–Kier alpha value is -2.44. The van der Waals surface area contributed by atoms with Gasteiger partial charge < -0.3 is 11.5 Å². The maximum atomic E-state index is 12.1. The molecule has 1 aromatic carbocycles. The lowest BCUT2D eigenvalue weighted by Gasteiger charge is -2.20. The third-order valence-electron chi connectivity index (χ3n) is 3.94. The average Bonchev–Trinajstić information content (AvgIpc) is 3.13. The Kier molecular flexibility index (Phi) is 4.03. The van der Waals surface area contributed by atoms with Crippen LogP contribution in [-0.4, -0.2) is 18.0 Å². The first kappa shape index (κ1) is 16.4. The monoisotopic (exact) mass is 359 g/mol. The average molecular weight is 360 g/mol. The van der Waals surface area contributed by atoms with E-state index in [1.54, 1.807) is 25.1 Å². The van der Waals surface area contributed by atoms with Gasteiger partial charge in [0.05, 0.1) is 10.4 Å². The van der Waals surface area contributed by atoms with Crippen molar-refractivity contribution < 1.29 is 9.59 Å². The second-order valence-electron chi connectivity index (χ2n) is 5.37. The summed E-state index contributed by atoms with van der Waals surface area (Å²) >= 11 is 7.54. The number of nitrogens with two attached hydrogens (primary N) is 2. The van der Waals surface area contributed by atoms with Crippen molar-refractivity contribution >= 4 is 41.0 Å². The van der Waals surface area contributed by atoms with Gasteiger partial charge in [0.1, 0.15) is 0 Å². The number of hydrogen-bond acceptors (Lipinski definition) is 4. The van der Waals surface area contributed by atoms with Crippen LogP contribution in [0.15, 0.2) is 41.4 Å². The van der Waals surface area contributed by atoms with Gasteiger partial charge in [-0.05, 0) is 30.7 Å². The van der Waals surface area contributed by atoms with Crippen molar-refractivity contribution in [2.75, 3.05) is 0 Å². The highest BCUT2D eigenvalue weighted by molar-refractivity contribution is 7.16. The van der Waals surface area contributed by atoms with Crippen molar-refractivity contribution in [3.63, 3.8) is 0 Å². The number of thiophene rings is 1. The Balaban J connectivity index is 2.33. The van der Waals surface area contributed by atoms with Gasteiger partial charge in [0, 0.05) is 21.7 Å². The fourth-order valence-corrected chi connectivity index (χ4v) is 4.52. The molecule has 0 bridgehead atoms. The molecule has 1 aromatic heterocycles. The van der Waals surface area contributed by atoms with Gasteiger partial charge in [0.2, 0.25) is 5.91 Å². The van der Waals surface area contributed by atoms with Crippen LogP contribution in [0, 0.1) is 6.92 Å². The number of carbonyl (C=O) groups excluding carboxylic acids is 2. The molecule has 1 aliphatic rings. The van der Waals surface area contributed by atoms with E-state index in [0.717, 1.165) is 10.4 Å². The first-order chi connectivity index (χ1) is 11.4. The SMILES string of the molecule is Cc1c(-c2ccccc2Cl)sc(C2(C(N)=O)C=CC=N2)c1C(N)=O. The van der Waals surface area contributed by atoms with E-state index < -0.39 is 17.4 Å². The lowest BCUT2D eigenvalue weighted by Crippen LogP contribution is -2.37. The molecule has 2 amide bonds. The zero-order valence-electron chi connectivity index (χ0n) is 12.7. The Bertz CT molecular complexity index is 903. The number of carbonyl (C=O) groups is 2. The Morgan fingerprint density at radius 1 is 1.25 bits per heavy atom. The van der Waals surface area contributed by atoms with Gasteiger partial charge in [-0.2, -0.15) is 0 Å². The molecule has 0 fully saturated rings. The topological polar surface area (TPSA) is 98.5 Å². The summed E-state index contributed by atoms with van der Waals surface area (Å²) in [5.41, 5.74) is 11.4. The summed E-state index contributed by atoms with van der Waals surface area (Å²) < 4.78 is 0. The molecule has 7 heteroatoms. The summed E-state index contributed by atoms with van der Waals surface area (Å²) in [4.78, 5) is 29.6. The minimum absolute atomic E-state index is 0.261. The molecule has 5 nitrogen and oxygen atoms in total. The van der Waals surface area contributed by atoms with E-state index in [1.165, 1.54) is 17.6 Å². The summed E-state index contributed by atoms with van der Waals surface area (Å²) in [7, 11) is 0. The van der Waals surface area contributed by atoms with Gasteiger partial charge in [0.25, 0.3) is 5.91 Å². The zero-order chi connectivity index (χ0) is 17.5. The van der Waals surface area contributed by atoms with E-state index in [9.17, 15) is 9.59 Å². The lowest BCUT2D eigenvalue weighted by molar-refractivity contribution is -0.121. The lowest BCUT2D eigenvalue weighted by atomic mass is 9.92. The third kappa shape index (κ3) is 2.35. The summed E-state index contributed by atoms with van der Waals surface area (Å²) in [6.07, 6.45) is 4.68. The van der Waals surface area contributed by atoms with Gasteiger partial charge in [-0.25, -0.2) is 0 Å². The number of benzene rings is 1. The quantitative estimate of drug-likeness (QED) is 0.877. The molecular weight excluding hydrogens is 346 g/mol. The molecule has 1 unspecified atom stereocenters. The van der Waals surface area contributed by atoms with E-state index in [-0.39, 0.29) is 5.56 Å². The second kappa shape index (κ2) is 5.89. The summed E-state index contributed by atoms with van der Waals surface area (Å²) in [5, 5.41) is 0.544. The Morgan fingerprint density at radius 3 is 2.50 bits per heavy atom. The number of hydrogen-bond donors (Lipinski definition) is 2. The van der Waals surface area contributed by atoms with Gasteiger partial charge in [-0.1, -0.05) is 29.8 Å². The van der Waals surface area contributed by atoms with Crippen molar-refractivity contribution in [1.29, 1.82) is 0 Å². The van der Waals surface area contributed by atoms with E-state index in [2.05, 4.69) is 4.99 Å². The molecule has 0 radical (unpaired) electrons. The molecule has 2 heterocycles. The molecule has 4 N–H and O–H groups in total. The van der Waals surface area contributed by atoms with Crippen LogP contribution in [-0.2, 0) is 10.3 Å². The van der Waals surface area contributed by atoms with E-state index >= 15 is 0 Å². The number of halogens is 1. The molecule has 1 aliphatic heterocycles. The van der Waals surface area contributed by atoms with Crippen LogP contribution in [0.2, 0.25) is 5.02 Å². The Morgan fingerprint density at radius 2 is 1.96 bits per heavy atom. The normalized spacial score (nSPS) is 18.9. The fraction of sp³-hybridized carbons (Fsp3) is 0.118. The van der Waals surface area contributed by atoms with E-state index in [0.29, 0.717) is 15.5 Å². The highest BCUT2D eigenvalue weighted by Crippen LogP contribution is 2.45. The molecule has 0 spiro atoms. The van der Waals surface area contributed by atoms with E-state index in [4.69, 9.17) is 23.1 Å². The second-order valence-corrected chi connectivity index (χ2v) is 6.80. The van der Waals surface area contributed by atoms with Crippen molar-refractivity contribution in [2.45, 2.75) is 12.5 Å². The molecule has 2 aromatic rings. The number of amides is 2. The van der Waals surface area contributed by atoms with Crippen LogP contribution in [0.1, 0.15) is 20.8 Å². The van der Waals surface area contributed by atoms with Crippen LogP contribution < -0.4 is 11.5 Å². The van der Waals surface area contributed by atoms with Gasteiger partial charge in [0.15, 0.2) is 5.54 Å². The minimum Gasteiger partial charge on any atom is -0.367 e. The predicted octanol–water partition coefficient (Wildman–Crippen LogP) is 2.80. The van der Waals surface area contributed by atoms with Crippen molar-refractivity contribution in [3.8, 4) is 10.4 Å². The predicted molar refractivity (Wildman–Crippen MR) is 96.5 cm³/mol. The highest BCUT2D eigenvalue weighted by atomic mass is 35.5. The standard InChI is InChI=1S/C17H14ClN3O2S/c1-9-12(15(19)22)14(17(16(20)23)7-4-8-21-17)24-13(9)10-5-2-3-6-11(10)18/h2-8H,1H3,(H2,19,22)(H2,20,23). The van der Waals surface area contributed by atoms with Crippen LogP contribution in [0.3, 0.4) is 0 Å². The fourth-order valence-electron chi connectivity index (χ4n) is 2.76. The zero-order valence-corrected chi connectivity index (χ0v) is 14.3. The van der Waals surface area contributed by atoms with Crippen molar-refractivity contribution in [1.82, 2.24) is 0 Å². The van der Waals surface area contributed by atoms with E-state index in [1.807, 2.05) is 18.2 Å². The molecule has 0 saturated carbocycles. The number of nitrogens with zero attached hydrogens (tertiary/aromatic N) is 1. The third-order valence-corrected chi connectivity index (χ3v) is 5.71. The van der Waals surface area contributed by atoms with Gasteiger partial charge in [-0.3, -0.25) is 14.6 Å². The first-order valence-corrected chi connectivity index (χ1v) is 8.29. The van der Waals surface area contributed by atoms with Crippen LogP contribution in [0.25, 0.3) is 10.4 Å².